The van der Waals surface area contributed by atoms with Gasteiger partial charge in [0.25, 0.3) is 0 Å². The molecule has 3 heteroatoms. The molecule has 2 rings (SSSR count). The fraction of sp³-hybridized carbons (Fsp3) is 0.529. The molecule has 0 amide bonds. The van der Waals surface area contributed by atoms with Crippen LogP contribution in [0.1, 0.15) is 38.3 Å². The van der Waals surface area contributed by atoms with Crippen LogP contribution in [0.4, 0.5) is 0 Å². The van der Waals surface area contributed by atoms with Crippen molar-refractivity contribution in [3.63, 3.8) is 0 Å². The molecule has 3 nitrogen and oxygen atoms in total. The summed E-state index contributed by atoms with van der Waals surface area (Å²) in [6.45, 7) is 8.37. The Morgan fingerprint density at radius 1 is 1.50 bits per heavy atom. The lowest BCUT2D eigenvalue weighted by Crippen LogP contribution is -2.16. The summed E-state index contributed by atoms with van der Waals surface area (Å²) in [4.78, 5) is 0. The highest BCUT2D eigenvalue weighted by atomic mass is 16.5. The number of nitrogens with one attached hydrogen (secondary N) is 1. The van der Waals surface area contributed by atoms with Gasteiger partial charge >= 0.3 is 0 Å². The number of methoxy groups -OCH3 is 1. The molecule has 1 heterocycles. The predicted molar refractivity (Wildman–Crippen MR) is 83.6 cm³/mol. The summed E-state index contributed by atoms with van der Waals surface area (Å²) in [7, 11) is 1.73. The topological polar surface area (TPSA) is 30.5 Å². The molecule has 1 aliphatic heterocycles. The van der Waals surface area contributed by atoms with E-state index in [0.29, 0.717) is 0 Å². The van der Waals surface area contributed by atoms with Gasteiger partial charge in [0.15, 0.2) is 0 Å². The smallest absolute Gasteiger partial charge is 0.126 e. The first-order chi connectivity index (χ1) is 9.63. The van der Waals surface area contributed by atoms with E-state index in [-0.39, 0.29) is 6.10 Å². The van der Waals surface area contributed by atoms with Gasteiger partial charge in [0.2, 0.25) is 0 Å². The second kappa shape index (κ2) is 6.80. The molecule has 0 saturated carbocycles. The van der Waals surface area contributed by atoms with Gasteiger partial charge in [-0.25, -0.2) is 0 Å². The Kier molecular flexibility index (Phi) is 5.07. The van der Waals surface area contributed by atoms with Gasteiger partial charge in [0.05, 0.1) is 7.11 Å². The number of fused-ring (bicyclic) bond motifs is 1. The summed E-state index contributed by atoms with van der Waals surface area (Å²) in [6.07, 6.45) is 4.56. The molecule has 1 aliphatic rings. The van der Waals surface area contributed by atoms with Gasteiger partial charge in [0, 0.05) is 24.1 Å². The minimum Gasteiger partial charge on any atom is -0.496 e. The molecule has 0 aromatic heterocycles. The minimum absolute atomic E-state index is 0.265. The average Bonchev–Trinajstić information content (AvgIpc) is 2.77. The highest BCUT2D eigenvalue weighted by Gasteiger charge is 2.21. The van der Waals surface area contributed by atoms with Crippen LogP contribution in [0.15, 0.2) is 17.7 Å². The van der Waals surface area contributed by atoms with E-state index in [9.17, 15) is 0 Å². The van der Waals surface area contributed by atoms with E-state index in [0.717, 1.165) is 43.0 Å². The zero-order chi connectivity index (χ0) is 14.5. The number of ether oxygens (including phenoxy) is 2. The third kappa shape index (κ3) is 3.54. The first-order valence-corrected chi connectivity index (χ1v) is 7.39. The van der Waals surface area contributed by atoms with Crippen molar-refractivity contribution in [3.05, 3.63) is 28.8 Å². The Morgan fingerprint density at radius 3 is 3.00 bits per heavy atom. The lowest BCUT2D eigenvalue weighted by molar-refractivity contribution is 0.254. The maximum Gasteiger partial charge on any atom is 0.126 e. The highest BCUT2D eigenvalue weighted by Crippen LogP contribution is 2.35. The van der Waals surface area contributed by atoms with Gasteiger partial charge in [-0.05, 0) is 38.9 Å². The van der Waals surface area contributed by atoms with Gasteiger partial charge in [-0.3, -0.25) is 0 Å². The summed E-state index contributed by atoms with van der Waals surface area (Å²) in [5.74, 6) is 1.93. The van der Waals surface area contributed by atoms with Crippen molar-refractivity contribution in [1.82, 2.24) is 5.32 Å². The first kappa shape index (κ1) is 14.9. The molecular formula is C17H25NO2. The Hall–Kier alpha value is -1.48. The first-order valence-electron chi connectivity index (χ1n) is 7.39. The standard InChI is InChI=1S/C17H25NO2/c1-5-6-18-11-12(2)7-14-10-17-15(8-13(3)20-17)9-16(14)19-4/h7,9-10,13,18H,5-6,8,11H2,1-4H3/b12-7+. The Morgan fingerprint density at radius 2 is 2.30 bits per heavy atom. The predicted octanol–water partition coefficient (Wildman–Crippen LogP) is 3.42. The van der Waals surface area contributed by atoms with Crippen LogP contribution in [-0.2, 0) is 6.42 Å². The molecule has 1 aromatic rings. The fourth-order valence-corrected chi connectivity index (χ4v) is 2.52. The SMILES string of the molecule is CCCNC/C(C)=C/c1cc2c(cc1OC)CC(C)O2. The lowest BCUT2D eigenvalue weighted by Gasteiger charge is -2.10. The maximum atomic E-state index is 5.83. The number of rotatable bonds is 6. The van der Waals surface area contributed by atoms with Crippen molar-refractivity contribution in [1.29, 1.82) is 0 Å². The molecule has 0 fully saturated rings. The van der Waals surface area contributed by atoms with E-state index >= 15 is 0 Å². The van der Waals surface area contributed by atoms with Crippen LogP contribution in [0.3, 0.4) is 0 Å². The van der Waals surface area contributed by atoms with E-state index in [1.165, 1.54) is 11.1 Å². The molecule has 1 aromatic carbocycles. The van der Waals surface area contributed by atoms with Crippen LogP contribution in [-0.4, -0.2) is 26.3 Å². The van der Waals surface area contributed by atoms with E-state index in [1.54, 1.807) is 7.11 Å². The van der Waals surface area contributed by atoms with Gasteiger partial charge < -0.3 is 14.8 Å². The largest absolute Gasteiger partial charge is 0.496 e. The summed E-state index contributed by atoms with van der Waals surface area (Å²) in [5.41, 5.74) is 3.63. The third-order valence-corrected chi connectivity index (χ3v) is 3.48. The molecule has 0 aliphatic carbocycles. The Balaban J connectivity index is 2.18. The summed E-state index contributed by atoms with van der Waals surface area (Å²) < 4.78 is 11.3. The van der Waals surface area contributed by atoms with Crippen molar-refractivity contribution in [3.8, 4) is 11.5 Å². The van der Waals surface area contributed by atoms with Gasteiger partial charge in [-0.15, -0.1) is 0 Å². The Labute approximate surface area is 122 Å². The summed E-state index contributed by atoms with van der Waals surface area (Å²) in [5, 5.41) is 3.41. The maximum absolute atomic E-state index is 5.83. The number of hydrogen-bond donors (Lipinski definition) is 1. The zero-order valence-electron chi connectivity index (χ0n) is 13.0. The molecule has 20 heavy (non-hydrogen) atoms. The van der Waals surface area contributed by atoms with Crippen LogP contribution in [0.2, 0.25) is 0 Å². The minimum atomic E-state index is 0.265. The molecule has 0 saturated heterocycles. The van der Waals surface area contributed by atoms with Crippen molar-refractivity contribution in [2.24, 2.45) is 0 Å². The second-order valence-electron chi connectivity index (χ2n) is 5.50. The zero-order valence-corrected chi connectivity index (χ0v) is 13.0. The molecule has 1 unspecified atom stereocenters. The van der Waals surface area contributed by atoms with E-state index < -0.39 is 0 Å². The number of benzene rings is 1. The average molecular weight is 275 g/mol. The van der Waals surface area contributed by atoms with Gasteiger partial charge in [-0.2, -0.15) is 0 Å². The molecule has 1 atom stereocenters. The van der Waals surface area contributed by atoms with Crippen LogP contribution in [0.5, 0.6) is 11.5 Å². The second-order valence-corrected chi connectivity index (χ2v) is 5.50. The molecular weight excluding hydrogens is 250 g/mol. The molecule has 0 bridgehead atoms. The lowest BCUT2D eigenvalue weighted by atomic mass is 10.0. The molecule has 110 valence electrons. The summed E-state index contributed by atoms with van der Waals surface area (Å²) in [6, 6.07) is 4.21. The normalized spacial score (nSPS) is 17.8. The third-order valence-electron chi connectivity index (χ3n) is 3.48. The van der Waals surface area contributed by atoms with E-state index in [2.05, 4.69) is 44.3 Å². The van der Waals surface area contributed by atoms with Crippen LogP contribution >= 0.6 is 0 Å². The van der Waals surface area contributed by atoms with Gasteiger partial charge in [-0.1, -0.05) is 18.6 Å². The fourth-order valence-electron chi connectivity index (χ4n) is 2.52. The van der Waals surface area contributed by atoms with Crippen molar-refractivity contribution >= 4 is 6.08 Å². The van der Waals surface area contributed by atoms with Crippen molar-refractivity contribution in [2.45, 2.75) is 39.7 Å². The quantitative estimate of drug-likeness (QED) is 0.807. The van der Waals surface area contributed by atoms with Crippen LogP contribution in [0, 0.1) is 0 Å². The van der Waals surface area contributed by atoms with Gasteiger partial charge in [0.1, 0.15) is 17.6 Å². The molecule has 0 radical (unpaired) electrons. The Bertz CT molecular complexity index is 494. The van der Waals surface area contributed by atoms with Crippen molar-refractivity contribution in [2.75, 3.05) is 20.2 Å². The number of hydrogen-bond acceptors (Lipinski definition) is 3. The van der Waals surface area contributed by atoms with E-state index in [4.69, 9.17) is 9.47 Å². The molecule has 0 spiro atoms. The highest BCUT2D eigenvalue weighted by molar-refractivity contribution is 5.64. The van der Waals surface area contributed by atoms with Crippen molar-refractivity contribution < 1.29 is 9.47 Å². The monoisotopic (exact) mass is 275 g/mol. The van der Waals surface area contributed by atoms with Crippen LogP contribution in [0.25, 0.3) is 6.08 Å². The molecule has 1 N–H and O–H groups in total. The summed E-state index contributed by atoms with van der Waals surface area (Å²) >= 11 is 0. The van der Waals surface area contributed by atoms with E-state index in [1.807, 2.05) is 0 Å². The van der Waals surface area contributed by atoms with Crippen LogP contribution < -0.4 is 14.8 Å².